The maximum absolute atomic E-state index is 14.8. The van der Waals surface area contributed by atoms with Crippen LogP contribution in [-0.4, -0.2) is 37.7 Å². The van der Waals surface area contributed by atoms with E-state index in [4.69, 9.17) is 9.40 Å². The summed E-state index contributed by atoms with van der Waals surface area (Å²) in [5.41, 5.74) is 0.381. The van der Waals surface area contributed by atoms with E-state index < -0.39 is 23.3 Å². The largest absolute Gasteiger partial charge is 0.472 e. The Hall–Kier alpha value is -2.95. The molecule has 166 valence electrons. The summed E-state index contributed by atoms with van der Waals surface area (Å²) in [6.07, 6.45) is 7.01. The minimum Gasteiger partial charge on any atom is -0.472 e. The fourth-order valence-corrected chi connectivity index (χ4v) is 5.36. The van der Waals surface area contributed by atoms with Crippen molar-refractivity contribution in [3.63, 3.8) is 0 Å². The summed E-state index contributed by atoms with van der Waals surface area (Å²) in [5.74, 6) is -1.47. The van der Waals surface area contributed by atoms with Gasteiger partial charge < -0.3 is 9.52 Å². The molecule has 3 aromatic heterocycles. The van der Waals surface area contributed by atoms with Crippen LogP contribution < -0.4 is 4.68 Å². The van der Waals surface area contributed by atoms with Gasteiger partial charge >= 0.3 is 6.33 Å². The molecule has 0 radical (unpaired) electrons. The number of aliphatic hydroxyl groups is 1. The molecule has 0 aliphatic carbocycles. The average molecular weight is 459 g/mol. The Labute approximate surface area is 187 Å². The number of nitrogens with one attached hydrogen (secondary N) is 1. The zero-order valence-corrected chi connectivity index (χ0v) is 18.1. The molecule has 32 heavy (non-hydrogen) atoms. The van der Waals surface area contributed by atoms with E-state index in [1.807, 2.05) is 13.0 Å². The van der Waals surface area contributed by atoms with E-state index in [2.05, 4.69) is 15.0 Å². The van der Waals surface area contributed by atoms with Gasteiger partial charge in [0, 0.05) is 47.6 Å². The number of aromatic amines is 1. The lowest BCUT2D eigenvalue weighted by Gasteiger charge is -2.41. The molecule has 0 spiro atoms. The summed E-state index contributed by atoms with van der Waals surface area (Å²) in [5, 5.41) is 15.6. The Kier molecular flexibility index (Phi) is 5.36. The van der Waals surface area contributed by atoms with E-state index in [0.29, 0.717) is 19.5 Å². The summed E-state index contributed by atoms with van der Waals surface area (Å²) in [4.78, 5) is 11.9. The van der Waals surface area contributed by atoms with Crippen molar-refractivity contribution in [2.24, 2.45) is 0 Å². The van der Waals surface area contributed by atoms with Crippen LogP contribution in [-0.2, 0) is 25.1 Å². The number of thiazole rings is 1. The van der Waals surface area contributed by atoms with E-state index in [-0.39, 0.29) is 12.1 Å². The minimum absolute atomic E-state index is 0.0308. The number of nitrogens with zero attached hydrogens (tertiary/aromatic N) is 4. The number of hydrogen-bond donors (Lipinski definition) is 2. The number of furan rings is 1. The van der Waals surface area contributed by atoms with Gasteiger partial charge in [-0.25, -0.2) is 13.8 Å². The van der Waals surface area contributed by atoms with Crippen LogP contribution in [0, 0.1) is 11.6 Å². The maximum Gasteiger partial charge on any atom is 0.306 e. The summed E-state index contributed by atoms with van der Waals surface area (Å²) in [6.45, 7) is 3.12. The number of aromatic nitrogens is 4. The first-order chi connectivity index (χ1) is 15.4. The van der Waals surface area contributed by atoms with Crippen molar-refractivity contribution in [3.05, 3.63) is 77.2 Å². The van der Waals surface area contributed by atoms with Crippen molar-refractivity contribution in [3.8, 4) is 10.6 Å². The minimum atomic E-state index is -1.63. The molecule has 0 fully saturated rings. The summed E-state index contributed by atoms with van der Waals surface area (Å²) in [6, 6.07) is 4.69. The molecular weight excluding hydrogens is 436 g/mol. The van der Waals surface area contributed by atoms with Gasteiger partial charge in [-0.1, -0.05) is 6.07 Å². The monoisotopic (exact) mass is 458 g/mol. The van der Waals surface area contributed by atoms with Crippen LogP contribution in [0.1, 0.15) is 23.1 Å². The van der Waals surface area contributed by atoms with E-state index in [1.165, 1.54) is 24.8 Å². The van der Waals surface area contributed by atoms with Crippen LogP contribution in [0.5, 0.6) is 0 Å². The second-order valence-electron chi connectivity index (χ2n) is 8.00. The standard InChI is InChI=1S/C22H21F2N5O2S/c1-14(28-6-4-19-20(9-28)32-21(27-19)15-5-7-31-10-15)22(30,11-29-13-25-12-26-29)17-3-2-16(23)8-18(17)24/h2-3,5,7-8,10,12-14,30H,4,6,9,11H2,1H3/p+1/t14-,22-/m1/s1. The molecule has 1 aromatic carbocycles. The van der Waals surface area contributed by atoms with Crippen molar-refractivity contribution in [2.45, 2.75) is 38.1 Å². The third-order valence-electron chi connectivity index (χ3n) is 6.08. The number of hydrogen-bond acceptors (Lipinski definition) is 6. The van der Waals surface area contributed by atoms with Gasteiger partial charge in [0.25, 0.3) is 0 Å². The van der Waals surface area contributed by atoms with Gasteiger partial charge in [-0.15, -0.1) is 11.3 Å². The van der Waals surface area contributed by atoms with Crippen molar-refractivity contribution in [1.82, 2.24) is 20.0 Å². The molecule has 5 rings (SSSR count). The molecule has 0 saturated carbocycles. The number of H-pyrrole nitrogens is 1. The fraction of sp³-hybridized carbons (Fsp3) is 0.318. The molecule has 0 unspecified atom stereocenters. The van der Waals surface area contributed by atoms with Gasteiger partial charge in [0.2, 0.25) is 6.33 Å². The van der Waals surface area contributed by atoms with Crippen LogP contribution >= 0.6 is 11.3 Å². The second kappa shape index (κ2) is 8.19. The smallest absolute Gasteiger partial charge is 0.306 e. The van der Waals surface area contributed by atoms with Gasteiger partial charge in [-0.3, -0.25) is 4.90 Å². The Balaban J connectivity index is 1.47. The van der Waals surface area contributed by atoms with Crippen molar-refractivity contribution >= 4 is 11.3 Å². The molecule has 1 aliphatic heterocycles. The highest BCUT2D eigenvalue weighted by atomic mass is 32.1. The summed E-state index contributed by atoms with van der Waals surface area (Å²) >= 11 is 1.59. The highest BCUT2D eigenvalue weighted by molar-refractivity contribution is 7.15. The van der Waals surface area contributed by atoms with E-state index >= 15 is 0 Å². The van der Waals surface area contributed by atoms with Crippen LogP contribution in [0.15, 0.2) is 53.9 Å². The van der Waals surface area contributed by atoms with Crippen LogP contribution in [0.2, 0.25) is 0 Å². The highest BCUT2D eigenvalue weighted by Gasteiger charge is 2.44. The van der Waals surface area contributed by atoms with Crippen LogP contribution in [0.3, 0.4) is 0 Å². The topological polar surface area (TPSA) is 82.1 Å². The molecule has 2 N–H and O–H groups in total. The SMILES string of the molecule is C[C@@H](N1CCc2nc(-c3ccoc3)sc2C1)[C@](O)(C[n+]1cnc[nH]1)c1ccc(F)cc1F. The quantitative estimate of drug-likeness (QED) is 0.434. The number of benzene rings is 1. The lowest BCUT2D eigenvalue weighted by Crippen LogP contribution is -2.58. The van der Waals surface area contributed by atoms with E-state index in [9.17, 15) is 13.9 Å². The van der Waals surface area contributed by atoms with Crippen LogP contribution in [0.4, 0.5) is 8.78 Å². The van der Waals surface area contributed by atoms with Gasteiger partial charge in [0.1, 0.15) is 35.1 Å². The van der Waals surface area contributed by atoms with E-state index in [0.717, 1.165) is 27.2 Å². The Morgan fingerprint density at radius 1 is 1.38 bits per heavy atom. The Morgan fingerprint density at radius 3 is 2.97 bits per heavy atom. The van der Waals surface area contributed by atoms with E-state index in [1.54, 1.807) is 28.5 Å². The first kappa shape index (κ1) is 20.9. The number of halogens is 2. The van der Waals surface area contributed by atoms with Gasteiger partial charge in [-0.05, 0) is 24.0 Å². The molecule has 0 amide bonds. The first-order valence-corrected chi connectivity index (χ1v) is 11.1. The lowest BCUT2D eigenvalue weighted by atomic mass is 9.85. The zero-order chi connectivity index (χ0) is 22.3. The molecular formula is C22H22F2N5O2S+. The van der Waals surface area contributed by atoms with Crippen LogP contribution in [0.25, 0.3) is 10.6 Å². The molecule has 4 aromatic rings. The van der Waals surface area contributed by atoms with Gasteiger partial charge in [0.15, 0.2) is 0 Å². The third-order valence-corrected chi connectivity index (χ3v) is 7.21. The first-order valence-electron chi connectivity index (χ1n) is 10.2. The third kappa shape index (κ3) is 3.74. The normalized spacial score (nSPS) is 17.1. The predicted octanol–water partition coefficient (Wildman–Crippen LogP) is 3.03. The molecule has 2 atom stereocenters. The number of rotatable bonds is 6. The molecule has 7 nitrogen and oxygen atoms in total. The zero-order valence-electron chi connectivity index (χ0n) is 17.3. The molecule has 10 heteroatoms. The molecule has 0 saturated heterocycles. The average Bonchev–Trinajstić information content (AvgIpc) is 3.53. The summed E-state index contributed by atoms with van der Waals surface area (Å²) < 4.78 is 35.2. The molecule has 4 heterocycles. The van der Waals surface area contributed by atoms with Crippen molar-refractivity contribution < 1.29 is 23.0 Å². The second-order valence-corrected chi connectivity index (χ2v) is 9.08. The van der Waals surface area contributed by atoms with Gasteiger partial charge in [0.05, 0.1) is 12.0 Å². The predicted molar refractivity (Wildman–Crippen MR) is 112 cm³/mol. The Morgan fingerprint density at radius 2 is 2.25 bits per heavy atom. The summed E-state index contributed by atoms with van der Waals surface area (Å²) in [7, 11) is 0. The fourth-order valence-electron chi connectivity index (χ4n) is 4.24. The number of fused-ring (bicyclic) bond motifs is 1. The van der Waals surface area contributed by atoms with Crippen molar-refractivity contribution in [1.29, 1.82) is 0 Å². The molecule has 1 aliphatic rings. The highest BCUT2D eigenvalue weighted by Crippen LogP contribution is 2.36. The Bertz CT molecular complexity index is 1210. The lowest BCUT2D eigenvalue weighted by molar-refractivity contribution is -0.765. The van der Waals surface area contributed by atoms with Crippen molar-refractivity contribution in [2.75, 3.05) is 6.54 Å². The maximum atomic E-state index is 14.8. The van der Waals surface area contributed by atoms with Gasteiger partial charge in [-0.2, -0.15) is 9.78 Å². The molecule has 0 bridgehead atoms.